The highest BCUT2D eigenvalue weighted by molar-refractivity contribution is 7.89. The van der Waals surface area contributed by atoms with Crippen molar-refractivity contribution in [3.63, 3.8) is 0 Å². The van der Waals surface area contributed by atoms with Crippen LogP contribution in [0.25, 0.3) is 0 Å². The van der Waals surface area contributed by atoms with E-state index in [9.17, 15) is 8.42 Å². The third-order valence-corrected chi connectivity index (χ3v) is 4.33. The fourth-order valence-corrected chi connectivity index (χ4v) is 2.78. The van der Waals surface area contributed by atoms with Gasteiger partial charge in [0.05, 0.1) is 18.6 Å². The largest absolute Gasteiger partial charge is 0.497 e. The fraction of sp³-hybridized carbons (Fsp3) is 0.538. The summed E-state index contributed by atoms with van der Waals surface area (Å²) in [6, 6.07) is 6.27. The Morgan fingerprint density at radius 1 is 1.25 bits per heavy atom. The van der Waals surface area contributed by atoms with Crippen molar-refractivity contribution < 1.29 is 22.6 Å². The number of nitrogens with one attached hydrogen (secondary N) is 1. The van der Waals surface area contributed by atoms with E-state index in [1.807, 2.05) is 0 Å². The maximum Gasteiger partial charge on any atom is 0.240 e. The van der Waals surface area contributed by atoms with Crippen LogP contribution in [-0.2, 0) is 19.5 Å². The molecule has 1 atom stereocenters. The van der Waals surface area contributed by atoms with Crippen molar-refractivity contribution >= 4 is 10.0 Å². The Bertz CT molecular complexity index is 531. The molecule has 0 radical (unpaired) electrons. The third kappa shape index (κ3) is 4.45. The van der Waals surface area contributed by atoms with Crippen LogP contribution >= 0.6 is 0 Å². The first-order valence-electron chi connectivity index (χ1n) is 6.05. The molecule has 0 unspecified atom stereocenters. The number of sulfonamides is 1. The highest BCUT2D eigenvalue weighted by Gasteiger charge is 2.26. The summed E-state index contributed by atoms with van der Waals surface area (Å²) in [5.74, 6) is 0.485. The average Bonchev–Trinajstić information content (AvgIpc) is 2.46. The summed E-state index contributed by atoms with van der Waals surface area (Å²) in [7, 11) is 0.914. The van der Waals surface area contributed by atoms with Crippen molar-refractivity contribution in [3.05, 3.63) is 24.3 Å². The molecule has 0 fully saturated rings. The molecule has 0 bridgehead atoms. The topological polar surface area (TPSA) is 73.9 Å². The molecule has 0 saturated heterocycles. The summed E-state index contributed by atoms with van der Waals surface area (Å²) in [5.41, 5.74) is -0.722. The van der Waals surface area contributed by atoms with Crippen LogP contribution in [-0.4, -0.2) is 48.5 Å². The molecule has 1 aromatic carbocycles. The van der Waals surface area contributed by atoms with Gasteiger partial charge in [0.25, 0.3) is 0 Å². The summed E-state index contributed by atoms with van der Waals surface area (Å²) in [6.45, 7) is 2.16. The first-order chi connectivity index (χ1) is 9.37. The van der Waals surface area contributed by atoms with Crippen molar-refractivity contribution in [2.75, 3.05) is 34.5 Å². The molecular weight excluding hydrogens is 282 g/mol. The predicted molar refractivity (Wildman–Crippen MR) is 75.5 cm³/mol. The number of hydrogen-bond acceptors (Lipinski definition) is 5. The van der Waals surface area contributed by atoms with Crippen LogP contribution in [0.4, 0.5) is 0 Å². The van der Waals surface area contributed by atoms with E-state index < -0.39 is 15.6 Å². The van der Waals surface area contributed by atoms with E-state index in [1.54, 1.807) is 19.1 Å². The van der Waals surface area contributed by atoms with Gasteiger partial charge in [0.15, 0.2) is 0 Å². The fourth-order valence-electron chi connectivity index (χ4n) is 1.59. The second-order valence-electron chi connectivity index (χ2n) is 4.59. The lowest BCUT2D eigenvalue weighted by molar-refractivity contribution is -0.0460. The van der Waals surface area contributed by atoms with Crippen LogP contribution in [0.15, 0.2) is 29.2 Å². The van der Waals surface area contributed by atoms with Gasteiger partial charge >= 0.3 is 0 Å². The van der Waals surface area contributed by atoms with Gasteiger partial charge in [-0.05, 0) is 19.1 Å². The molecule has 1 rings (SSSR count). The summed E-state index contributed by atoms with van der Waals surface area (Å²) >= 11 is 0. The monoisotopic (exact) mass is 303 g/mol. The maximum absolute atomic E-state index is 12.2. The zero-order valence-electron chi connectivity index (χ0n) is 12.2. The van der Waals surface area contributed by atoms with E-state index in [2.05, 4.69) is 4.72 Å². The minimum Gasteiger partial charge on any atom is -0.497 e. The van der Waals surface area contributed by atoms with E-state index in [4.69, 9.17) is 14.2 Å². The molecule has 0 amide bonds. The minimum absolute atomic E-state index is 0.108. The normalized spacial score (nSPS) is 14.8. The standard InChI is InChI=1S/C13H21NO5S/c1-13(19-4,10-17-2)9-14-20(15,16)12-7-5-6-11(8-12)18-3/h5-8,14H,9-10H2,1-4H3/t13-/m0/s1. The van der Waals surface area contributed by atoms with E-state index >= 15 is 0 Å². The van der Waals surface area contributed by atoms with Gasteiger partial charge in [-0.15, -0.1) is 0 Å². The van der Waals surface area contributed by atoms with Gasteiger partial charge in [-0.25, -0.2) is 13.1 Å². The van der Waals surface area contributed by atoms with Crippen LogP contribution in [0.2, 0.25) is 0 Å². The molecule has 7 heteroatoms. The van der Waals surface area contributed by atoms with Crippen LogP contribution in [0.3, 0.4) is 0 Å². The Morgan fingerprint density at radius 2 is 1.95 bits per heavy atom. The van der Waals surface area contributed by atoms with Crippen molar-refractivity contribution in [2.24, 2.45) is 0 Å². The molecule has 0 aliphatic heterocycles. The second-order valence-corrected chi connectivity index (χ2v) is 6.36. The van der Waals surface area contributed by atoms with Gasteiger partial charge in [-0.1, -0.05) is 6.07 Å². The molecule has 114 valence electrons. The highest BCUT2D eigenvalue weighted by Crippen LogP contribution is 2.17. The van der Waals surface area contributed by atoms with E-state index in [-0.39, 0.29) is 18.0 Å². The van der Waals surface area contributed by atoms with Gasteiger partial charge in [0, 0.05) is 26.8 Å². The van der Waals surface area contributed by atoms with Crippen LogP contribution in [0.1, 0.15) is 6.92 Å². The molecule has 0 aliphatic rings. The van der Waals surface area contributed by atoms with Crippen LogP contribution in [0, 0.1) is 0 Å². The molecule has 0 aliphatic carbocycles. The second kappa shape index (κ2) is 7.03. The van der Waals surface area contributed by atoms with Crippen molar-refractivity contribution in [2.45, 2.75) is 17.4 Å². The third-order valence-electron chi connectivity index (χ3n) is 2.93. The lowest BCUT2D eigenvalue weighted by Crippen LogP contribution is -2.45. The first kappa shape index (κ1) is 16.9. The Hall–Kier alpha value is -1.15. The van der Waals surface area contributed by atoms with Crippen molar-refractivity contribution in [1.82, 2.24) is 4.72 Å². The Balaban J connectivity index is 2.84. The van der Waals surface area contributed by atoms with Gasteiger partial charge in [0.1, 0.15) is 11.4 Å². The van der Waals surface area contributed by atoms with E-state index in [0.717, 1.165) is 0 Å². The van der Waals surface area contributed by atoms with Gasteiger partial charge in [-0.3, -0.25) is 0 Å². The molecule has 0 heterocycles. The summed E-state index contributed by atoms with van der Waals surface area (Å²) in [4.78, 5) is 0.146. The average molecular weight is 303 g/mol. The molecule has 0 aromatic heterocycles. The van der Waals surface area contributed by atoms with Crippen LogP contribution < -0.4 is 9.46 Å². The summed E-state index contributed by atoms with van der Waals surface area (Å²) in [6.07, 6.45) is 0. The van der Waals surface area contributed by atoms with E-state index in [1.165, 1.54) is 33.5 Å². The molecule has 20 heavy (non-hydrogen) atoms. The summed E-state index contributed by atoms with van der Waals surface area (Å²) in [5, 5.41) is 0. The SMILES string of the molecule is COC[C@](C)(CNS(=O)(=O)c1cccc(OC)c1)OC. The zero-order chi connectivity index (χ0) is 15.2. The Morgan fingerprint density at radius 3 is 2.50 bits per heavy atom. The predicted octanol–water partition coefficient (Wildman–Crippen LogP) is 1.02. The van der Waals surface area contributed by atoms with Gasteiger partial charge in [-0.2, -0.15) is 0 Å². The van der Waals surface area contributed by atoms with Gasteiger partial charge < -0.3 is 14.2 Å². The zero-order valence-corrected chi connectivity index (χ0v) is 13.0. The number of methoxy groups -OCH3 is 3. The summed E-state index contributed by atoms with van der Waals surface area (Å²) < 4.78 is 42.2. The molecule has 1 N–H and O–H groups in total. The molecule has 0 saturated carbocycles. The number of benzene rings is 1. The van der Waals surface area contributed by atoms with Crippen molar-refractivity contribution in [3.8, 4) is 5.75 Å². The molecule has 6 nitrogen and oxygen atoms in total. The maximum atomic E-state index is 12.2. The first-order valence-corrected chi connectivity index (χ1v) is 7.53. The number of rotatable bonds is 8. The van der Waals surface area contributed by atoms with Gasteiger partial charge in [0.2, 0.25) is 10.0 Å². The quantitative estimate of drug-likeness (QED) is 0.776. The Labute approximate surface area is 120 Å². The molecule has 1 aromatic rings. The van der Waals surface area contributed by atoms with Crippen LogP contribution in [0.5, 0.6) is 5.75 Å². The Kier molecular flexibility index (Phi) is 5.94. The van der Waals surface area contributed by atoms with Crippen molar-refractivity contribution in [1.29, 1.82) is 0 Å². The number of hydrogen-bond donors (Lipinski definition) is 1. The lowest BCUT2D eigenvalue weighted by atomic mass is 10.1. The van der Waals surface area contributed by atoms with E-state index in [0.29, 0.717) is 5.75 Å². The number of ether oxygens (including phenoxy) is 3. The lowest BCUT2D eigenvalue weighted by Gasteiger charge is -2.27. The highest BCUT2D eigenvalue weighted by atomic mass is 32.2. The molecule has 0 spiro atoms. The smallest absolute Gasteiger partial charge is 0.240 e. The molecular formula is C13H21NO5S. The minimum atomic E-state index is -3.62.